The molecule has 1 N–H and O–H groups in total. The summed E-state index contributed by atoms with van der Waals surface area (Å²) in [5.74, 6) is -5.79. The summed E-state index contributed by atoms with van der Waals surface area (Å²) in [6.45, 7) is 0.0326. The molecule has 5 nitrogen and oxygen atoms in total. The Kier molecular flexibility index (Phi) is 4.54. The molecular formula is C8H9F4N3O2S. The quantitative estimate of drug-likeness (QED) is 0.636. The van der Waals surface area contributed by atoms with Crippen molar-refractivity contribution in [1.82, 2.24) is 14.8 Å². The number of carboxylic acid groups (broad SMARTS) is 1. The number of carboxylic acids is 1. The second-order valence-corrected chi connectivity index (χ2v) is 4.30. The molecule has 0 bridgehead atoms. The topological polar surface area (TPSA) is 68.0 Å². The summed E-state index contributed by atoms with van der Waals surface area (Å²) < 4.78 is 50.8. The zero-order valence-electron chi connectivity index (χ0n) is 9.11. The molecule has 0 atom stereocenters. The highest BCUT2D eigenvalue weighted by Crippen LogP contribution is 2.27. The molecule has 0 aliphatic rings. The van der Waals surface area contributed by atoms with Gasteiger partial charge >= 0.3 is 18.3 Å². The van der Waals surface area contributed by atoms with Crippen molar-refractivity contribution in [2.24, 2.45) is 0 Å². The van der Waals surface area contributed by atoms with E-state index in [1.807, 2.05) is 0 Å². The van der Waals surface area contributed by atoms with Gasteiger partial charge in [-0.05, 0) is 6.92 Å². The molecule has 0 spiro atoms. The fourth-order valence-corrected chi connectivity index (χ4v) is 1.76. The Labute approximate surface area is 103 Å². The molecule has 102 valence electrons. The van der Waals surface area contributed by atoms with E-state index in [2.05, 4.69) is 10.2 Å². The van der Waals surface area contributed by atoms with Gasteiger partial charge in [-0.25, -0.2) is 8.78 Å². The fourth-order valence-electron chi connectivity index (χ4n) is 1.06. The van der Waals surface area contributed by atoms with E-state index >= 15 is 0 Å². The third-order valence-corrected chi connectivity index (χ3v) is 2.87. The van der Waals surface area contributed by atoms with Gasteiger partial charge in [0.2, 0.25) is 0 Å². The van der Waals surface area contributed by atoms with Crippen molar-refractivity contribution < 1.29 is 27.5 Å². The molecule has 0 saturated heterocycles. The molecule has 1 aromatic rings. The van der Waals surface area contributed by atoms with Crippen LogP contribution < -0.4 is 0 Å². The van der Waals surface area contributed by atoms with Crippen LogP contribution in [0.25, 0.3) is 0 Å². The number of rotatable bonds is 6. The number of alkyl halides is 4. The van der Waals surface area contributed by atoms with E-state index in [1.54, 1.807) is 0 Å². The van der Waals surface area contributed by atoms with Crippen molar-refractivity contribution in [1.29, 1.82) is 0 Å². The van der Waals surface area contributed by atoms with E-state index in [0.717, 1.165) is 4.57 Å². The molecule has 0 aliphatic carbocycles. The van der Waals surface area contributed by atoms with Crippen molar-refractivity contribution in [3.63, 3.8) is 0 Å². The molecular weight excluding hydrogens is 278 g/mol. The Morgan fingerprint density at radius 1 is 1.50 bits per heavy atom. The van der Waals surface area contributed by atoms with Crippen LogP contribution in [0.5, 0.6) is 0 Å². The number of nitrogens with zero attached hydrogens (tertiary/aromatic N) is 3. The lowest BCUT2D eigenvalue weighted by Crippen LogP contribution is -2.32. The number of aliphatic carboxylic acids is 1. The first-order chi connectivity index (χ1) is 8.24. The Hall–Kier alpha value is -1.32. The summed E-state index contributed by atoms with van der Waals surface area (Å²) >= 11 is 0.640. The van der Waals surface area contributed by atoms with Crippen molar-refractivity contribution in [2.75, 3.05) is 5.75 Å². The minimum Gasteiger partial charge on any atom is -0.481 e. The minimum absolute atomic E-state index is 0.0169. The number of carbonyl (C=O) groups is 1. The van der Waals surface area contributed by atoms with Gasteiger partial charge in [-0.3, -0.25) is 9.36 Å². The van der Waals surface area contributed by atoms with Crippen LogP contribution in [0.2, 0.25) is 0 Å². The van der Waals surface area contributed by atoms with Crippen LogP contribution in [0.3, 0.4) is 0 Å². The highest BCUT2D eigenvalue weighted by atomic mass is 32.2. The van der Waals surface area contributed by atoms with Crippen LogP contribution in [-0.2, 0) is 11.3 Å². The van der Waals surface area contributed by atoms with Gasteiger partial charge in [0, 0.05) is 0 Å². The third-order valence-electron chi connectivity index (χ3n) is 1.91. The van der Waals surface area contributed by atoms with E-state index in [1.165, 1.54) is 6.92 Å². The zero-order valence-corrected chi connectivity index (χ0v) is 9.93. The second-order valence-electron chi connectivity index (χ2n) is 3.36. The average Bonchev–Trinajstić information content (AvgIpc) is 2.57. The molecule has 0 radical (unpaired) electrons. The molecule has 0 unspecified atom stereocenters. The molecule has 0 amide bonds. The summed E-state index contributed by atoms with van der Waals surface area (Å²) in [7, 11) is 0. The summed E-state index contributed by atoms with van der Waals surface area (Å²) in [5.41, 5.74) is 0. The van der Waals surface area contributed by atoms with E-state index < -0.39 is 30.6 Å². The van der Waals surface area contributed by atoms with Gasteiger partial charge in [-0.2, -0.15) is 8.78 Å². The van der Waals surface area contributed by atoms with Crippen molar-refractivity contribution >= 4 is 17.7 Å². The predicted molar refractivity (Wildman–Crippen MR) is 54.1 cm³/mol. The third kappa shape index (κ3) is 3.59. The van der Waals surface area contributed by atoms with Crippen LogP contribution in [0.15, 0.2) is 5.16 Å². The maximum atomic E-state index is 12.9. The number of hydrogen-bond acceptors (Lipinski definition) is 4. The maximum absolute atomic E-state index is 12.9. The summed E-state index contributed by atoms with van der Waals surface area (Å²) in [6.07, 6.45) is -3.81. The summed E-state index contributed by atoms with van der Waals surface area (Å²) in [4.78, 5) is 10.3. The van der Waals surface area contributed by atoms with Crippen LogP contribution in [0, 0.1) is 6.92 Å². The largest absolute Gasteiger partial charge is 0.481 e. The SMILES string of the molecule is Cc1nnc(SCC(=O)O)n1CC(F)(F)C(F)F. The molecule has 18 heavy (non-hydrogen) atoms. The maximum Gasteiger partial charge on any atom is 0.325 e. The van der Waals surface area contributed by atoms with Gasteiger partial charge in [0.05, 0.1) is 12.3 Å². The first kappa shape index (κ1) is 14.7. The standard InChI is InChI=1S/C8H9F4N3O2S/c1-4-13-14-7(18-2-5(16)17)15(4)3-8(11,12)6(9)10/h6H,2-3H2,1H3,(H,16,17). The number of aromatic nitrogens is 3. The lowest BCUT2D eigenvalue weighted by molar-refractivity contribution is -0.139. The molecule has 1 heterocycles. The van der Waals surface area contributed by atoms with Crippen LogP contribution >= 0.6 is 11.8 Å². The monoisotopic (exact) mass is 287 g/mol. The molecule has 10 heteroatoms. The lowest BCUT2D eigenvalue weighted by atomic mass is 10.3. The van der Waals surface area contributed by atoms with Gasteiger partial charge in [-0.1, -0.05) is 11.8 Å². The Balaban J connectivity index is 2.87. The molecule has 0 aromatic carbocycles. The predicted octanol–water partition coefficient (Wildman–Crippen LogP) is 1.66. The highest BCUT2D eigenvalue weighted by molar-refractivity contribution is 7.99. The van der Waals surface area contributed by atoms with Crippen molar-refractivity contribution in [3.05, 3.63) is 5.82 Å². The number of hydrogen-bond donors (Lipinski definition) is 1. The molecule has 1 aromatic heterocycles. The lowest BCUT2D eigenvalue weighted by Gasteiger charge is -2.17. The van der Waals surface area contributed by atoms with Gasteiger partial charge in [0.15, 0.2) is 5.16 Å². The van der Waals surface area contributed by atoms with Gasteiger partial charge in [-0.15, -0.1) is 10.2 Å². The zero-order chi connectivity index (χ0) is 13.9. The summed E-state index contributed by atoms with van der Waals surface area (Å²) in [5, 5.41) is 15.2. The van der Waals surface area contributed by atoms with Crippen LogP contribution in [0.1, 0.15) is 5.82 Å². The minimum atomic E-state index is -4.22. The first-order valence-electron chi connectivity index (χ1n) is 4.64. The van der Waals surface area contributed by atoms with Gasteiger partial charge in [0.25, 0.3) is 0 Å². The average molecular weight is 287 g/mol. The molecule has 1 rings (SSSR count). The Morgan fingerprint density at radius 2 is 2.11 bits per heavy atom. The van der Waals surface area contributed by atoms with Gasteiger partial charge < -0.3 is 5.11 Å². The Morgan fingerprint density at radius 3 is 2.61 bits per heavy atom. The van der Waals surface area contributed by atoms with Crippen LogP contribution in [-0.4, -0.2) is 43.9 Å². The summed E-state index contributed by atoms with van der Waals surface area (Å²) in [6, 6.07) is 0. The fraction of sp³-hybridized carbons (Fsp3) is 0.625. The number of halogens is 4. The van der Waals surface area contributed by atoms with Crippen LogP contribution in [0.4, 0.5) is 17.6 Å². The van der Waals surface area contributed by atoms with E-state index in [0.29, 0.717) is 11.8 Å². The molecule has 0 fully saturated rings. The van der Waals surface area contributed by atoms with Crippen molar-refractivity contribution in [2.45, 2.75) is 31.0 Å². The normalized spacial score (nSPS) is 12.1. The second kappa shape index (κ2) is 5.55. The smallest absolute Gasteiger partial charge is 0.325 e. The Bertz CT molecular complexity index is 438. The highest BCUT2D eigenvalue weighted by Gasteiger charge is 2.42. The number of thioether (sulfide) groups is 1. The van der Waals surface area contributed by atoms with E-state index in [-0.39, 0.29) is 11.0 Å². The van der Waals surface area contributed by atoms with Gasteiger partial charge in [0.1, 0.15) is 5.82 Å². The van der Waals surface area contributed by atoms with E-state index in [4.69, 9.17) is 5.11 Å². The molecule has 0 saturated carbocycles. The molecule has 0 aliphatic heterocycles. The van der Waals surface area contributed by atoms with Crippen molar-refractivity contribution in [3.8, 4) is 0 Å². The number of aryl methyl sites for hydroxylation is 1. The first-order valence-corrected chi connectivity index (χ1v) is 5.63. The van der Waals surface area contributed by atoms with E-state index in [9.17, 15) is 22.4 Å².